The Bertz CT molecular complexity index is 231. The molecule has 0 aromatic carbocycles. The Kier molecular flexibility index (Phi) is 3.97. The molecule has 0 aromatic rings. The van der Waals surface area contributed by atoms with Crippen LogP contribution in [0.4, 0.5) is 0 Å². The number of nitrogens with one attached hydrogen (secondary N) is 1. The first kappa shape index (κ1) is 14.4. The summed E-state index contributed by atoms with van der Waals surface area (Å²) >= 11 is 0. The second kappa shape index (κ2) is 4.12. The highest BCUT2D eigenvalue weighted by molar-refractivity contribution is 5.85. The Labute approximate surface area is 93.8 Å². The van der Waals surface area contributed by atoms with Crippen LogP contribution in [0.3, 0.4) is 0 Å². The Morgan fingerprint density at radius 2 is 1.47 bits per heavy atom. The van der Waals surface area contributed by atoms with Gasteiger partial charge in [0.05, 0.1) is 5.54 Å². The minimum atomic E-state index is -0.810. The number of rotatable bonds is 3. The van der Waals surface area contributed by atoms with Crippen LogP contribution in [0.25, 0.3) is 0 Å². The van der Waals surface area contributed by atoms with E-state index in [4.69, 9.17) is 5.73 Å². The van der Waals surface area contributed by atoms with E-state index in [0.29, 0.717) is 0 Å². The van der Waals surface area contributed by atoms with Gasteiger partial charge < -0.3 is 11.1 Å². The topological polar surface area (TPSA) is 55.1 Å². The van der Waals surface area contributed by atoms with Crippen molar-refractivity contribution in [2.45, 2.75) is 66.0 Å². The molecule has 0 unspecified atom stereocenters. The van der Waals surface area contributed by atoms with Gasteiger partial charge >= 0.3 is 0 Å². The molecule has 0 fully saturated rings. The normalized spacial score (nSPS) is 13.9. The monoisotopic (exact) mass is 214 g/mol. The van der Waals surface area contributed by atoms with Crippen LogP contribution in [-0.4, -0.2) is 17.0 Å². The van der Waals surface area contributed by atoms with Crippen LogP contribution in [0.2, 0.25) is 0 Å². The summed E-state index contributed by atoms with van der Waals surface area (Å²) in [5, 5.41) is 2.99. The summed E-state index contributed by atoms with van der Waals surface area (Å²) in [5.41, 5.74) is 4.90. The van der Waals surface area contributed by atoms with E-state index in [-0.39, 0.29) is 16.9 Å². The Morgan fingerprint density at radius 1 is 1.07 bits per heavy atom. The molecule has 1 amide bonds. The molecule has 90 valence electrons. The van der Waals surface area contributed by atoms with Gasteiger partial charge in [0.15, 0.2) is 0 Å². The summed E-state index contributed by atoms with van der Waals surface area (Å²) in [6, 6.07) is 0. The predicted molar refractivity (Wildman–Crippen MR) is 64.6 cm³/mol. The van der Waals surface area contributed by atoms with Crippen LogP contribution in [0.15, 0.2) is 0 Å². The highest BCUT2D eigenvalue weighted by atomic mass is 16.2. The van der Waals surface area contributed by atoms with Crippen molar-refractivity contribution in [2.75, 3.05) is 0 Å². The minimum Gasteiger partial charge on any atom is -0.350 e. The fraction of sp³-hybridized carbons (Fsp3) is 0.917. The molecule has 0 aliphatic heterocycles. The van der Waals surface area contributed by atoms with E-state index in [2.05, 4.69) is 26.1 Å². The summed E-state index contributed by atoms with van der Waals surface area (Å²) in [6.07, 6.45) is 0.918. The summed E-state index contributed by atoms with van der Waals surface area (Å²) in [4.78, 5) is 11.7. The number of amides is 1. The van der Waals surface area contributed by atoms with Gasteiger partial charge in [-0.25, -0.2) is 0 Å². The van der Waals surface area contributed by atoms with Crippen molar-refractivity contribution in [1.82, 2.24) is 5.32 Å². The van der Waals surface area contributed by atoms with Crippen LogP contribution < -0.4 is 11.1 Å². The number of carbonyl (C=O) groups is 1. The highest BCUT2D eigenvalue weighted by Gasteiger charge is 2.31. The summed E-state index contributed by atoms with van der Waals surface area (Å²) < 4.78 is 0. The highest BCUT2D eigenvalue weighted by Crippen LogP contribution is 2.26. The molecule has 0 saturated carbocycles. The zero-order valence-corrected chi connectivity index (χ0v) is 11.2. The zero-order chi connectivity index (χ0) is 12.5. The van der Waals surface area contributed by atoms with Gasteiger partial charge in [-0.2, -0.15) is 0 Å². The summed E-state index contributed by atoms with van der Waals surface area (Å²) in [7, 11) is 0. The first-order valence-electron chi connectivity index (χ1n) is 5.45. The molecule has 0 heterocycles. The Balaban J connectivity index is 4.46. The van der Waals surface area contributed by atoms with Crippen LogP contribution in [-0.2, 0) is 4.79 Å². The predicted octanol–water partition coefficient (Wildman–Crippen LogP) is 2.05. The van der Waals surface area contributed by atoms with E-state index in [1.807, 2.05) is 13.8 Å². The van der Waals surface area contributed by atoms with Crippen molar-refractivity contribution in [2.24, 2.45) is 11.1 Å². The molecule has 3 nitrogen and oxygen atoms in total. The quantitative estimate of drug-likeness (QED) is 0.755. The van der Waals surface area contributed by atoms with Crippen LogP contribution in [0.1, 0.15) is 54.9 Å². The molecule has 0 radical (unpaired) electrons. The van der Waals surface area contributed by atoms with Crippen molar-refractivity contribution in [3.05, 3.63) is 0 Å². The third-order valence-electron chi connectivity index (χ3n) is 2.01. The number of nitrogens with two attached hydrogens (primary N) is 1. The molecule has 15 heavy (non-hydrogen) atoms. The van der Waals surface area contributed by atoms with Crippen LogP contribution in [0, 0.1) is 5.41 Å². The molecule has 0 aliphatic carbocycles. The molecule has 0 atom stereocenters. The van der Waals surface area contributed by atoms with Crippen LogP contribution >= 0.6 is 0 Å². The fourth-order valence-corrected chi connectivity index (χ4v) is 1.84. The lowest BCUT2D eigenvalue weighted by atomic mass is 9.81. The molecule has 0 aromatic heterocycles. The lowest BCUT2D eigenvalue weighted by molar-refractivity contribution is -0.127. The molecule has 0 spiro atoms. The zero-order valence-electron chi connectivity index (χ0n) is 11.2. The first-order valence-corrected chi connectivity index (χ1v) is 5.45. The van der Waals surface area contributed by atoms with Gasteiger partial charge in [-0.05, 0) is 39.5 Å². The molecule has 3 N–H and O–H groups in total. The largest absolute Gasteiger partial charge is 0.350 e. The van der Waals surface area contributed by atoms with E-state index in [1.165, 1.54) is 0 Å². The average molecular weight is 214 g/mol. The van der Waals surface area contributed by atoms with Gasteiger partial charge in [0.2, 0.25) is 5.91 Å². The van der Waals surface area contributed by atoms with Crippen LogP contribution in [0.5, 0.6) is 0 Å². The third kappa shape index (κ3) is 6.50. The van der Waals surface area contributed by atoms with Crippen molar-refractivity contribution >= 4 is 5.91 Å². The Morgan fingerprint density at radius 3 is 1.73 bits per heavy atom. The lowest BCUT2D eigenvalue weighted by Crippen LogP contribution is -2.56. The van der Waals surface area contributed by atoms with Gasteiger partial charge in [-0.3, -0.25) is 4.79 Å². The molecule has 0 saturated heterocycles. The van der Waals surface area contributed by atoms with E-state index in [9.17, 15) is 4.79 Å². The van der Waals surface area contributed by atoms with Crippen molar-refractivity contribution in [3.63, 3.8) is 0 Å². The second-order valence-electron chi connectivity index (χ2n) is 6.80. The number of hydrogen-bond donors (Lipinski definition) is 2. The molecule has 3 heteroatoms. The fourth-order valence-electron chi connectivity index (χ4n) is 1.84. The van der Waals surface area contributed by atoms with Gasteiger partial charge in [0.25, 0.3) is 0 Å². The van der Waals surface area contributed by atoms with Gasteiger partial charge in [-0.1, -0.05) is 20.8 Å². The van der Waals surface area contributed by atoms with Gasteiger partial charge in [0.1, 0.15) is 0 Å². The van der Waals surface area contributed by atoms with Gasteiger partial charge in [0, 0.05) is 5.54 Å². The maximum absolute atomic E-state index is 11.7. The van der Waals surface area contributed by atoms with E-state index in [1.54, 1.807) is 13.8 Å². The average Bonchev–Trinajstić information content (AvgIpc) is 1.76. The van der Waals surface area contributed by atoms with Crippen molar-refractivity contribution < 1.29 is 4.79 Å². The standard InChI is InChI=1S/C12H26N2O/c1-10(2,3)8-11(4,5)14-9(15)12(6,7)13/h8,13H2,1-7H3,(H,14,15). The molecular formula is C12H26N2O. The third-order valence-corrected chi connectivity index (χ3v) is 2.01. The smallest absolute Gasteiger partial charge is 0.239 e. The summed E-state index contributed by atoms with van der Waals surface area (Å²) in [5.74, 6) is -0.100. The van der Waals surface area contributed by atoms with E-state index < -0.39 is 5.54 Å². The number of carbonyl (C=O) groups excluding carboxylic acids is 1. The Hall–Kier alpha value is -0.570. The molecule has 0 bridgehead atoms. The minimum absolute atomic E-state index is 0.100. The molecular weight excluding hydrogens is 188 g/mol. The molecule has 0 aliphatic rings. The van der Waals surface area contributed by atoms with E-state index >= 15 is 0 Å². The lowest BCUT2D eigenvalue weighted by Gasteiger charge is -2.35. The van der Waals surface area contributed by atoms with E-state index in [0.717, 1.165) is 6.42 Å². The van der Waals surface area contributed by atoms with Crippen molar-refractivity contribution in [3.8, 4) is 0 Å². The summed E-state index contributed by atoms with van der Waals surface area (Å²) in [6.45, 7) is 14.0. The molecule has 0 rings (SSSR count). The van der Waals surface area contributed by atoms with Crippen molar-refractivity contribution in [1.29, 1.82) is 0 Å². The maximum Gasteiger partial charge on any atom is 0.239 e. The second-order valence-corrected chi connectivity index (χ2v) is 6.80. The van der Waals surface area contributed by atoms with Gasteiger partial charge in [-0.15, -0.1) is 0 Å². The number of hydrogen-bond acceptors (Lipinski definition) is 2. The maximum atomic E-state index is 11.7. The SMILES string of the molecule is CC(C)(C)CC(C)(C)NC(=O)C(C)(C)N. The first-order chi connectivity index (χ1) is 6.33.